The van der Waals surface area contributed by atoms with Gasteiger partial charge in [-0.3, -0.25) is 29.7 Å². The number of H-pyrrole nitrogens is 1. The van der Waals surface area contributed by atoms with Crippen molar-refractivity contribution in [2.24, 2.45) is 0 Å². The Morgan fingerprint density at radius 2 is 1.56 bits per heavy atom. The van der Waals surface area contributed by atoms with Crippen LogP contribution >= 0.6 is 0 Å². The van der Waals surface area contributed by atoms with Crippen molar-refractivity contribution < 1.29 is 23.1 Å². The number of fused-ring (bicyclic) bond motifs is 1. The SMILES string of the molecule is O=C1CCC(n2[nH]c3c(OCc4ccc(CN5CCN(c6ccc(F)cc6)CC5)cc4)cc(F)cc3c2=O)C(=O)N1. The van der Waals surface area contributed by atoms with Crippen molar-refractivity contribution in [2.75, 3.05) is 31.1 Å². The highest BCUT2D eigenvalue weighted by molar-refractivity contribution is 5.99. The second-order valence-electron chi connectivity index (χ2n) is 10.4. The number of aromatic amines is 1. The fourth-order valence-corrected chi connectivity index (χ4v) is 5.40. The highest BCUT2D eigenvalue weighted by Gasteiger charge is 2.30. The van der Waals surface area contributed by atoms with Gasteiger partial charge in [0, 0.05) is 50.9 Å². The summed E-state index contributed by atoms with van der Waals surface area (Å²) in [4.78, 5) is 41.4. The summed E-state index contributed by atoms with van der Waals surface area (Å²) in [6.45, 7) is 4.49. The molecule has 1 atom stereocenters. The van der Waals surface area contributed by atoms with E-state index in [0.29, 0.717) is 0 Å². The maximum atomic E-state index is 14.4. The molecule has 0 aliphatic carbocycles. The van der Waals surface area contributed by atoms with Crippen LogP contribution in [0, 0.1) is 11.6 Å². The lowest BCUT2D eigenvalue weighted by molar-refractivity contribution is -0.136. The van der Waals surface area contributed by atoms with Crippen molar-refractivity contribution in [1.29, 1.82) is 0 Å². The van der Waals surface area contributed by atoms with E-state index < -0.39 is 23.3 Å². The van der Waals surface area contributed by atoms with Crippen LogP contribution in [-0.2, 0) is 22.7 Å². The van der Waals surface area contributed by atoms with Crippen molar-refractivity contribution >= 4 is 28.4 Å². The minimum absolute atomic E-state index is 0.0690. The molecule has 2 amide bonds. The van der Waals surface area contributed by atoms with E-state index in [4.69, 9.17) is 4.74 Å². The fraction of sp³-hybridized carbons (Fsp3) is 0.300. The first-order valence-corrected chi connectivity index (χ1v) is 13.5. The maximum absolute atomic E-state index is 14.4. The van der Waals surface area contributed by atoms with E-state index in [-0.39, 0.29) is 47.8 Å². The third-order valence-electron chi connectivity index (χ3n) is 7.66. The lowest BCUT2D eigenvalue weighted by Gasteiger charge is -2.36. The highest BCUT2D eigenvalue weighted by Crippen LogP contribution is 2.27. The molecular weight excluding hydrogens is 532 g/mol. The lowest BCUT2D eigenvalue weighted by Crippen LogP contribution is -2.45. The van der Waals surface area contributed by atoms with Crippen molar-refractivity contribution in [3.05, 3.63) is 93.8 Å². The summed E-state index contributed by atoms with van der Waals surface area (Å²) in [5, 5.41) is 5.20. The topological polar surface area (TPSA) is 99.7 Å². The Morgan fingerprint density at radius 3 is 2.27 bits per heavy atom. The van der Waals surface area contributed by atoms with Crippen LogP contribution in [0.1, 0.15) is 30.0 Å². The Morgan fingerprint density at radius 1 is 0.854 bits per heavy atom. The van der Waals surface area contributed by atoms with Crippen LogP contribution in [0.4, 0.5) is 14.5 Å². The summed E-state index contributed by atoms with van der Waals surface area (Å²) in [5.74, 6) is -1.67. The number of ether oxygens (including phenoxy) is 1. The molecule has 3 heterocycles. The number of aromatic nitrogens is 2. The zero-order valence-corrected chi connectivity index (χ0v) is 22.2. The smallest absolute Gasteiger partial charge is 0.275 e. The Labute approximate surface area is 234 Å². The van der Waals surface area contributed by atoms with Gasteiger partial charge in [-0.2, -0.15) is 0 Å². The van der Waals surface area contributed by atoms with Gasteiger partial charge in [0.2, 0.25) is 5.91 Å². The molecule has 2 aliphatic rings. The summed E-state index contributed by atoms with van der Waals surface area (Å²) in [6.07, 6.45) is 0.282. The van der Waals surface area contributed by atoms with Gasteiger partial charge in [-0.05, 0) is 47.9 Å². The molecule has 4 aromatic rings. The molecule has 0 radical (unpaired) electrons. The number of imide groups is 1. The molecule has 2 aliphatic heterocycles. The Bertz CT molecular complexity index is 1640. The predicted molar refractivity (Wildman–Crippen MR) is 149 cm³/mol. The third-order valence-corrected chi connectivity index (χ3v) is 7.66. The summed E-state index contributed by atoms with van der Waals surface area (Å²) in [6, 6.07) is 16.0. The number of rotatable bonds is 7. The van der Waals surface area contributed by atoms with Gasteiger partial charge >= 0.3 is 0 Å². The van der Waals surface area contributed by atoms with Crippen molar-refractivity contribution in [3.8, 4) is 5.75 Å². The number of piperazine rings is 1. The molecule has 2 saturated heterocycles. The number of carbonyl (C=O) groups is 2. The fourth-order valence-electron chi connectivity index (χ4n) is 5.40. The van der Waals surface area contributed by atoms with E-state index >= 15 is 0 Å². The molecule has 9 nitrogen and oxygen atoms in total. The van der Waals surface area contributed by atoms with E-state index in [1.807, 2.05) is 36.4 Å². The number of nitrogens with one attached hydrogen (secondary N) is 2. The highest BCUT2D eigenvalue weighted by atomic mass is 19.1. The van der Waals surface area contributed by atoms with E-state index in [2.05, 4.69) is 20.2 Å². The second-order valence-corrected chi connectivity index (χ2v) is 10.4. The zero-order chi connectivity index (χ0) is 28.5. The van der Waals surface area contributed by atoms with Gasteiger partial charge in [-0.25, -0.2) is 13.5 Å². The average molecular weight is 562 g/mol. The Balaban J connectivity index is 1.08. The standard InChI is InChI=1S/C30H29F2N5O4/c31-21-5-7-23(8-6-21)36-13-11-35(12-14-36)17-19-1-3-20(4-2-19)18-41-26-16-22(32)15-24-28(26)34-37(30(24)40)25-9-10-27(38)33-29(25)39/h1-8,15-16,25,34H,9-14,17-18H2,(H,33,38,39). The first-order valence-electron chi connectivity index (χ1n) is 13.5. The number of amides is 2. The van der Waals surface area contributed by atoms with Crippen LogP contribution in [0.3, 0.4) is 0 Å². The van der Waals surface area contributed by atoms with Crippen LogP contribution in [-0.4, -0.2) is 52.7 Å². The van der Waals surface area contributed by atoms with E-state index in [0.717, 1.165) is 60.3 Å². The summed E-state index contributed by atoms with van der Waals surface area (Å²) in [7, 11) is 0. The van der Waals surface area contributed by atoms with E-state index in [9.17, 15) is 23.2 Å². The van der Waals surface area contributed by atoms with Crippen LogP contribution in [0.15, 0.2) is 65.5 Å². The largest absolute Gasteiger partial charge is 0.487 e. The van der Waals surface area contributed by atoms with Crippen molar-refractivity contribution in [2.45, 2.75) is 32.0 Å². The number of hydrogen-bond acceptors (Lipinski definition) is 6. The average Bonchev–Trinajstić information content (AvgIpc) is 3.29. The maximum Gasteiger partial charge on any atom is 0.275 e. The van der Waals surface area contributed by atoms with Gasteiger partial charge in [0.1, 0.15) is 35.5 Å². The monoisotopic (exact) mass is 561 g/mol. The van der Waals surface area contributed by atoms with E-state index in [1.54, 1.807) is 0 Å². The number of anilines is 1. The van der Waals surface area contributed by atoms with Gasteiger partial charge in [0.25, 0.3) is 11.5 Å². The molecule has 212 valence electrons. The minimum atomic E-state index is -0.887. The molecule has 41 heavy (non-hydrogen) atoms. The molecule has 6 rings (SSSR count). The third kappa shape index (κ3) is 5.71. The van der Waals surface area contributed by atoms with Crippen LogP contribution in [0.25, 0.3) is 10.9 Å². The first kappa shape index (κ1) is 26.7. The number of halogens is 2. The molecule has 1 aromatic heterocycles. The van der Waals surface area contributed by atoms with Gasteiger partial charge in [-0.1, -0.05) is 24.3 Å². The van der Waals surface area contributed by atoms with Gasteiger partial charge in [-0.15, -0.1) is 0 Å². The summed E-state index contributed by atoms with van der Waals surface area (Å²) in [5.41, 5.74) is 2.80. The molecule has 1 unspecified atom stereocenters. The van der Waals surface area contributed by atoms with Crippen molar-refractivity contribution in [3.63, 3.8) is 0 Å². The van der Waals surface area contributed by atoms with Crippen molar-refractivity contribution in [1.82, 2.24) is 20.0 Å². The molecule has 11 heteroatoms. The van der Waals surface area contributed by atoms with Gasteiger partial charge in [0.15, 0.2) is 0 Å². The number of benzene rings is 3. The molecule has 3 aromatic carbocycles. The normalized spacial score (nSPS) is 18.1. The lowest BCUT2D eigenvalue weighted by atomic mass is 10.1. The van der Waals surface area contributed by atoms with Gasteiger partial charge < -0.3 is 9.64 Å². The Kier molecular flexibility index (Phi) is 7.27. The second kappa shape index (κ2) is 11.2. The number of carbonyl (C=O) groups excluding carboxylic acids is 2. The first-order chi connectivity index (χ1) is 19.8. The zero-order valence-electron chi connectivity index (χ0n) is 22.2. The quantitative estimate of drug-likeness (QED) is 0.335. The molecule has 2 N–H and O–H groups in total. The molecule has 0 bridgehead atoms. The number of hydrogen-bond donors (Lipinski definition) is 2. The Hall–Kier alpha value is -4.51. The van der Waals surface area contributed by atoms with Crippen LogP contribution in [0.5, 0.6) is 5.75 Å². The number of nitrogens with zero attached hydrogens (tertiary/aromatic N) is 3. The predicted octanol–water partition coefficient (Wildman–Crippen LogP) is 3.49. The summed E-state index contributed by atoms with van der Waals surface area (Å²) >= 11 is 0. The molecule has 2 fully saturated rings. The summed E-state index contributed by atoms with van der Waals surface area (Å²) < 4.78 is 34.7. The van der Waals surface area contributed by atoms with Crippen LogP contribution in [0.2, 0.25) is 0 Å². The van der Waals surface area contributed by atoms with Gasteiger partial charge in [0.05, 0.1) is 5.39 Å². The van der Waals surface area contributed by atoms with E-state index in [1.165, 1.54) is 18.2 Å². The molecule has 0 spiro atoms. The minimum Gasteiger partial charge on any atom is -0.487 e. The number of piperidine rings is 1. The molecule has 0 saturated carbocycles. The molecular formula is C30H29F2N5O4. The van der Waals surface area contributed by atoms with Crippen LogP contribution < -0.4 is 20.5 Å².